The molecule has 0 radical (unpaired) electrons. The molecule has 3 aliphatic rings. The predicted molar refractivity (Wildman–Crippen MR) is 231 cm³/mol. The zero-order chi connectivity index (χ0) is 42.0. The maximum atomic E-state index is 14.1. The Balaban J connectivity index is 0.00000769. The number of halogens is 1. The van der Waals surface area contributed by atoms with Crippen LogP contribution in [-0.2, 0) is 15.9 Å². The monoisotopic (exact) mass is 845 g/mol. The number of aromatic hydroxyl groups is 2. The number of rotatable bonds is 23. The van der Waals surface area contributed by atoms with Crippen LogP contribution in [0.4, 0.5) is 0 Å². The van der Waals surface area contributed by atoms with Crippen LogP contribution in [0.25, 0.3) is 0 Å². The SMILES string of the molecule is CCCCCCCCCCN(CCCCCCCCCC)C1CC(OC2CC(O)(C(C)O)Cc3c(O)c4c(c(O)c32)C(=O)c2c(OC)cccc2C4=O)OC(C)C1O.Cl. The number of unbranched alkanes of at least 4 members (excludes halogenated alkanes) is 14. The Morgan fingerprint density at radius 3 is 1.92 bits per heavy atom. The highest BCUT2D eigenvalue weighted by Crippen LogP contribution is 2.53. The maximum Gasteiger partial charge on any atom is 0.202 e. The van der Waals surface area contributed by atoms with Crippen molar-refractivity contribution in [2.24, 2.45) is 0 Å². The number of phenolic OH excluding ortho intramolecular Hbond substituents is 2. The number of ether oxygens (including phenoxy) is 3. The van der Waals surface area contributed by atoms with Gasteiger partial charge in [0.05, 0.1) is 53.8 Å². The van der Waals surface area contributed by atoms with Crippen molar-refractivity contribution in [3.63, 3.8) is 0 Å². The predicted octanol–water partition coefficient (Wildman–Crippen LogP) is 8.87. The first-order valence-electron chi connectivity index (χ1n) is 22.4. The molecule has 0 spiro atoms. The molecule has 0 saturated carbocycles. The van der Waals surface area contributed by atoms with Crippen molar-refractivity contribution in [3.05, 3.63) is 51.6 Å². The van der Waals surface area contributed by atoms with Crippen LogP contribution in [0.15, 0.2) is 18.2 Å². The number of nitrogens with zero attached hydrogens (tertiary/aromatic N) is 1. The molecule has 5 N–H and O–H groups in total. The number of carbonyl (C=O) groups excluding carboxylic acids is 2. The van der Waals surface area contributed by atoms with Gasteiger partial charge in [0.1, 0.15) is 17.2 Å². The van der Waals surface area contributed by atoms with Gasteiger partial charge in [-0.3, -0.25) is 14.5 Å². The van der Waals surface area contributed by atoms with E-state index in [0.29, 0.717) is 6.42 Å². The van der Waals surface area contributed by atoms with Gasteiger partial charge in [0.2, 0.25) is 5.78 Å². The van der Waals surface area contributed by atoms with E-state index in [1.807, 2.05) is 6.92 Å². The summed E-state index contributed by atoms with van der Waals surface area (Å²) in [6.45, 7) is 9.39. The van der Waals surface area contributed by atoms with Gasteiger partial charge in [0.25, 0.3) is 0 Å². The number of aliphatic hydroxyl groups is 3. The molecule has 2 aromatic carbocycles. The minimum absolute atomic E-state index is 0. The van der Waals surface area contributed by atoms with Crippen LogP contribution in [0.3, 0.4) is 0 Å². The van der Waals surface area contributed by atoms with Crippen LogP contribution in [0.1, 0.15) is 192 Å². The second-order valence-electron chi connectivity index (χ2n) is 17.2. The summed E-state index contributed by atoms with van der Waals surface area (Å²) in [5.41, 5.74) is -2.43. The molecule has 1 aliphatic heterocycles. The molecule has 1 saturated heterocycles. The lowest BCUT2D eigenvalue weighted by molar-refractivity contribution is -0.261. The smallest absolute Gasteiger partial charge is 0.202 e. The molecule has 0 bridgehead atoms. The number of aliphatic hydroxyl groups excluding tert-OH is 2. The molecule has 7 unspecified atom stereocenters. The standard InChI is InChI=1S/C47H71NO10.ClH/c1-6-8-10-12-14-16-18-20-25-48(26-21-19-17-15-13-11-9-7-2)34-27-37(57-30(3)42(34)50)58-36-29-47(55,31(4)49)28-33-39(36)46(54)41-40(44(33)52)43(51)32-23-22-24-35(56-5)38(32)45(41)53;/h22-24,30-31,34,36-37,42,49-50,52,54-55H,6-21,25-29H2,1-5H3;1H. The van der Waals surface area contributed by atoms with Crippen LogP contribution in [-0.4, -0.2) is 98.4 Å². The van der Waals surface area contributed by atoms with Crippen LogP contribution in [0.2, 0.25) is 0 Å². The molecule has 7 atom stereocenters. The molecular formula is C47H72ClNO10. The van der Waals surface area contributed by atoms with Gasteiger partial charge in [-0.25, -0.2) is 0 Å². The Labute approximate surface area is 358 Å². The third kappa shape index (κ3) is 11.4. The molecular weight excluding hydrogens is 774 g/mol. The zero-order valence-corrected chi connectivity index (χ0v) is 37.0. The number of ketones is 2. The van der Waals surface area contributed by atoms with Gasteiger partial charge in [0, 0.05) is 42.0 Å². The van der Waals surface area contributed by atoms with Crippen molar-refractivity contribution in [3.8, 4) is 17.2 Å². The Kier molecular flexibility index (Phi) is 19.0. The average Bonchev–Trinajstić information content (AvgIpc) is 3.20. The largest absolute Gasteiger partial charge is 0.507 e. The molecule has 12 heteroatoms. The van der Waals surface area contributed by atoms with Gasteiger partial charge >= 0.3 is 0 Å². The highest BCUT2D eigenvalue weighted by atomic mass is 35.5. The molecule has 0 amide bonds. The molecule has 2 aromatic rings. The third-order valence-corrected chi connectivity index (χ3v) is 12.9. The van der Waals surface area contributed by atoms with Gasteiger partial charge in [-0.1, -0.05) is 116 Å². The minimum atomic E-state index is -1.81. The summed E-state index contributed by atoms with van der Waals surface area (Å²) in [5, 5.41) is 58.1. The fourth-order valence-electron chi connectivity index (χ4n) is 9.38. The quantitative estimate of drug-likeness (QED) is 0.0457. The first-order chi connectivity index (χ1) is 27.9. The number of phenols is 2. The molecule has 59 heavy (non-hydrogen) atoms. The van der Waals surface area contributed by atoms with E-state index in [2.05, 4.69) is 18.7 Å². The summed E-state index contributed by atoms with van der Waals surface area (Å²) in [7, 11) is 1.38. The molecule has 5 rings (SSSR count). The Bertz CT molecular complexity index is 1660. The second-order valence-corrected chi connectivity index (χ2v) is 17.2. The first kappa shape index (κ1) is 48.9. The number of hydrogen-bond donors (Lipinski definition) is 5. The number of methoxy groups -OCH3 is 1. The van der Waals surface area contributed by atoms with E-state index in [1.165, 1.54) is 97.1 Å². The third-order valence-electron chi connectivity index (χ3n) is 12.9. The lowest BCUT2D eigenvalue weighted by Gasteiger charge is -2.46. The lowest BCUT2D eigenvalue weighted by atomic mass is 9.71. The summed E-state index contributed by atoms with van der Waals surface area (Å²) < 4.78 is 18.4. The number of benzene rings is 2. The lowest BCUT2D eigenvalue weighted by Crippen LogP contribution is -2.56. The van der Waals surface area contributed by atoms with Crippen LogP contribution >= 0.6 is 12.4 Å². The minimum Gasteiger partial charge on any atom is -0.507 e. The van der Waals surface area contributed by atoms with Crippen molar-refractivity contribution in [1.29, 1.82) is 0 Å². The normalized spacial score (nSPS) is 24.3. The average molecular weight is 847 g/mol. The number of hydrogen-bond acceptors (Lipinski definition) is 11. The first-order valence-corrected chi connectivity index (χ1v) is 22.4. The maximum absolute atomic E-state index is 14.1. The van der Waals surface area contributed by atoms with Gasteiger partial charge in [-0.05, 0) is 45.8 Å². The summed E-state index contributed by atoms with van der Waals surface area (Å²) >= 11 is 0. The molecule has 1 heterocycles. The van der Waals surface area contributed by atoms with Crippen molar-refractivity contribution in [1.82, 2.24) is 4.90 Å². The molecule has 2 aliphatic carbocycles. The highest BCUT2D eigenvalue weighted by Gasteiger charge is 2.50. The fourth-order valence-corrected chi connectivity index (χ4v) is 9.38. The van der Waals surface area contributed by atoms with Gasteiger partial charge in [0.15, 0.2) is 12.1 Å². The van der Waals surface area contributed by atoms with Crippen molar-refractivity contribution < 1.29 is 49.3 Å². The van der Waals surface area contributed by atoms with E-state index in [4.69, 9.17) is 14.2 Å². The van der Waals surface area contributed by atoms with Crippen molar-refractivity contribution in [2.45, 2.75) is 192 Å². The number of carbonyl (C=O) groups is 2. The van der Waals surface area contributed by atoms with Crippen LogP contribution in [0, 0.1) is 0 Å². The van der Waals surface area contributed by atoms with E-state index >= 15 is 0 Å². The van der Waals surface area contributed by atoms with E-state index in [0.717, 1.165) is 38.8 Å². The van der Waals surface area contributed by atoms with E-state index in [1.54, 1.807) is 12.1 Å². The molecule has 332 valence electrons. The fraction of sp³-hybridized carbons (Fsp3) is 0.702. The zero-order valence-electron chi connectivity index (χ0n) is 36.2. The second kappa shape index (κ2) is 22.9. The Hall–Kier alpha value is -2.77. The van der Waals surface area contributed by atoms with E-state index in [-0.39, 0.29) is 70.4 Å². The summed E-state index contributed by atoms with van der Waals surface area (Å²) in [6, 6.07) is 4.31. The number of fused-ring (bicyclic) bond motifs is 3. The van der Waals surface area contributed by atoms with E-state index in [9.17, 15) is 35.1 Å². The molecule has 0 aromatic heterocycles. The van der Waals surface area contributed by atoms with Crippen molar-refractivity contribution in [2.75, 3.05) is 20.2 Å². The van der Waals surface area contributed by atoms with Crippen LogP contribution in [0.5, 0.6) is 17.2 Å². The van der Waals surface area contributed by atoms with Gasteiger partial charge in [-0.2, -0.15) is 0 Å². The van der Waals surface area contributed by atoms with Crippen molar-refractivity contribution >= 4 is 24.0 Å². The topological polar surface area (TPSA) is 166 Å². The van der Waals surface area contributed by atoms with Gasteiger partial charge in [-0.15, -0.1) is 12.4 Å². The summed E-state index contributed by atoms with van der Waals surface area (Å²) in [6.07, 6.45) is 14.4. The van der Waals surface area contributed by atoms with E-state index < -0.39 is 59.4 Å². The molecule has 11 nitrogen and oxygen atoms in total. The summed E-state index contributed by atoms with van der Waals surface area (Å²) in [4.78, 5) is 30.4. The van der Waals surface area contributed by atoms with Crippen LogP contribution < -0.4 is 4.74 Å². The molecule has 1 fully saturated rings. The highest BCUT2D eigenvalue weighted by molar-refractivity contribution is 6.31. The summed E-state index contributed by atoms with van der Waals surface area (Å²) in [5.74, 6) is -2.27. The Morgan fingerprint density at radius 1 is 0.831 bits per heavy atom. The Morgan fingerprint density at radius 2 is 1.37 bits per heavy atom. The van der Waals surface area contributed by atoms with Gasteiger partial charge < -0.3 is 39.7 Å².